The van der Waals surface area contributed by atoms with Gasteiger partial charge in [-0.1, -0.05) is 36.8 Å². The predicted octanol–water partition coefficient (Wildman–Crippen LogP) is 8.76. The zero-order valence-corrected chi connectivity index (χ0v) is 25.7. The smallest absolute Gasteiger partial charge is 0.227 e. The fourth-order valence-corrected chi connectivity index (χ4v) is 4.50. The van der Waals surface area contributed by atoms with Crippen LogP contribution < -0.4 is 18.9 Å². The Labute approximate surface area is 263 Å². The van der Waals surface area contributed by atoms with Crippen molar-refractivity contribution < 1.29 is 18.9 Å². The van der Waals surface area contributed by atoms with E-state index in [0.29, 0.717) is 11.8 Å². The van der Waals surface area contributed by atoms with E-state index < -0.39 is 0 Å². The Morgan fingerprint density at radius 1 is 0.533 bits per heavy atom. The number of pyridine rings is 4. The van der Waals surface area contributed by atoms with Crippen molar-refractivity contribution in [3.8, 4) is 57.0 Å². The van der Waals surface area contributed by atoms with Gasteiger partial charge in [0.25, 0.3) is 0 Å². The number of aromatic nitrogens is 4. The Morgan fingerprint density at radius 3 is 1.44 bits per heavy atom. The first kappa shape index (κ1) is 30.7. The number of aryl methyl sites for hydroxylation is 2. The molecule has 0 fully saturated rings. The number of benzene rings is 2. The van der Waals surface area contributed by atoms with Crippen LogP contribution >= 0.6 is 0 Å². The molecule has 6 rings (SSSR count). The first-order valence-corrected chi connectivity index (χ1v) is 14.5. The molecule has 0 aliphatic carbocycles. The Balaban J connectivity index is 0.000000178. The molecule has 45 heavy (non-hydrogen) atoms. The second-order valence-corrected chi connectivity index (χ2v) is 9.88. The molecule has 8 nitrogen and oxygen atoms in total. The summed E-state index contributed by atoms with van der Waals surface area (Å²) < 4.78 is 22.7. The highest BCUT2D eigenvalue weighted by Crippen LogP contribution is 2.37. The van der Waals surface area contributed by atoms with Crippen molar-refractivity contribution in [2.75, 3.05) is 14.2 Å². The minimum Gasteiger partial charge on any atom is -0.496 e. The summed E-state index contributed by atoms with van der Waals surface area (Å²) in [6.45, 7) is 4.16. The summed E-state index contributed by atoms with van der Waals surface area (Å²) in [7, 11) is 3.27. The van der Waals surface area contributed by atoms with Gasteiger partial charge >= 0.3 is 0 Å². The van der Waals surface area contributed by atoms with E-state index in [4.69, 9.17) is 18.9 Å². The Kier molecular flexibility index (Phi) is 10.3. The maximum Gasteiger partial charge on any atom is 0.227 e. The van der Waals surface area contributed by atoms with Crippen molar-refractivity contribution in [3.63, 3.8) is 0 Å². The van der Waals surface area contributed by atoms with E-state index in [-0.39, 0.29) is 0 Å². The molecule has 0 N–H and O–H groups in total. The first-order chi connectivity index (χ1) is 22.1. The van der Waals surface area contributed by atoms with E-state index in [1.165, 1.54) is 11.1 Å². The second-order valence-electron chi connectivity index (χ2n) is 9.88. The molecule has 0 saturated heterocycles. The van der Waals surface area contributed by atoms with Gasteiger partial charge in [-0.2, -0.15) is 0 Å². The van der Waals surface area contributed by atoms with Crippen molar-refractivity contribution >= 4 is 0 Å². The van der Waals surface area contributed by atoms with Gasteiger partial charge in [0.15, 0.2) is 0 Å². The van der Waals surface area contributed by atoms with Gasteiger partial charge in [-0.3, -0.25) is 9.97 Å². The van der Waals surface area contributed by atoms with Crippen molar-refractivity contribution in [3.05, 3.63) is 133 Å². The number of ether oxygens (including phenoxy) is 4. The number of hydrogen-bond acceptors (Lipinski definition) is 8. The number of hydrogen-bond donors (Lipinski definition) is 0. The standard InChI is InChI=1S/C19H18N2O2.C18H16N2O2/c1-3-14-6-8-15(9-7-14)23-19-16(5-4-11-21-19)17-13-20-12-10-18(17)22-2;1-13-5-7-14(8-6-13)22-18-15(4-3-10-20-18)16-12-19-11-9-17(16)21-2/h4-13H,3H2,1-2H3;3-12H,1-2H3. The average molecular weight is 599 g/mol. The van der Waals surface area contributed by atoms with Gasteiger partial charge in [0, 0.05) is 59.4 Å². The lowest BCUT2D eigenvalue weighted by molar-refractivity contribution is 0.415. The maximum atomic E-state index is 5.97. The van der Waals surface area contributed by atoms with Crippen LogP contribution in [0, 0.1) is 6.92 Å². The number of nitrogens with zero attached hydrogens (tertiary/aromatic N) is 4. The van der Waals surface area contributed by atoms with Gasteiger partial charge < -0.3 is 18.9 Å². The zero-order chi connectivity index (χ0) is 31.4. The molecule has 0 unspecified atom stereocenters. The molecule has 4 aromatic heterocycles. The lowest BCUT2D eigenvalue weighted by Gasteiger charge is -2.12. The van der Waals surface area contributed by atoms with Crippen LogP contribution in [0.3, 0.4) is 0 Å². The molecular formula is C37H34N4O4. The van der Waals surface area contributed by atoms with Gasteiger partial charge in [0.2, 0.25) is 11.8 Å². The summed E-state index contributed by atoms with van der Waals surface area (Å²) in [6, 6.07) is 27.1. The fourth-order valence-electron chi connectivity index (χ4n) is 4.50. The van der Waals surface area contributed by atoms with Crippen LogP contribution in [0.25, 0.3) is 22.3 Å². The molecule has 0 saturated carbocycles. The summed E-state index contributed by atoms with van der Waals surface area (Å²) >= 11 is 0. The van der Waals surface area contributed by atoms with Crippen LogP contribution in [-0.2, 0) is 6.42 Å². The third-order valence-electron chi connectivity index (χ3n) is 6.91. The molecule has 226 valence electrons. The van der Waals surface area contributed by atoms with Crippen LogP contribution in [0.15, 0.2) is 122 Å². The summed E-state index contributed by atoms with van der Waals surface area (Å²) in [5, 5.41) is 0. The highest BCUT2D eigenvalue weighted by molar-refractivity contribution is 5.74. The van der Waals surface area contributed by atoms with Crippen molar-refractivity contribution in [2.45, 2.75) is 20.3 Å². The second kappa shape index (κ2) is 15.1. The van der Waals surface area contributed by atoms with E-state index in [0.717, 1.165) is 51.7 Å². The van der Waals surface area contributed by atoms with Crippen LogP contribution in [0.5, 0.6) is 34.8 Å². The molecule has 0 spiro atoms. The fraction of sp³-hybridized carbons (Fsp3) is 0.135. The Hall–Kier alpha value is -5.76. The molecule has 0 aliphatic heterocycles. The lowest BCUT2D eigenvalue weighted by Crippen LogP contribution is -1.94. The van der Waals surface area contributed by atoms with Gasteiger partial charge in [-0.25, -0.2) is 9.97 Å². The highest BCUT2D eigenvalue weighted by Gasteiger charge is 2.14. The van der Waals surface area contributed by atoms with Crippen LogP contribution in [0.4, 0.5) is 0 Å². The predicted molar refractivity (Wildman–Crippen MR) is 175 cm³/mol. The Morgan fingerprint density at radius 2 is 1.00 bits per heavy atom. The van der Waals surface area contributed by atoms with Gasteiger partial charge in [0.1, 0.15) is 23.0 Å². The molecule has 6 aromatic rings. The van der Waals surface area contributed by atoms with Crippen LogP contribution in [0.1, 0.15) is 18.1 Å². The molecule has 4 heterocycles. The third kappa shape index (κ3) is 7.80. The van der Waals surface area contributed by atoms with E-state index in [1.807, 2.05) is 79.7 Å². The monoisotopic (exact) mass is 598 g/mol. The summed E-state index contributed by atoms with van der Waals surface area (Å²) in [6.07, 6.45) is 11.3. The molecule has 0 amide bonds. The third-order valence-corrected chi connectivity index (χ3v) is 6.91. The van der Waals surface area contributed by atoms with Gasteiger partial charge in [-0.15, -0.1) is 0 Å². The zero-order valence-electron chi connectivity index (χ0n) is 25.7. The normalized spacial score (nSPS) is 10.3. The van der Waals surface area contributed by atoms with Gasteiger partial charge in [-0.05, 0) is 79.6 Å². The molecule has 0 aliphatic rings. The minimum atomic E-state index is 0.526. The summed E-state index contributed by atoms with van der Waals surface area (Å²) in [5.41, 5.74) is 5.84. The van der Waals surface area contributed by atoms with Gasteiger partial charge in [0.05, 0.1) is 14.2 Å². The quantitative estimate of drug-likeness (QED) is 0.163. The topological polar surface area (TPSA) is 88.5 Å². The van der Waals surface area contributed by atoms with E-state index in [9.17, 15) is 0 Å². The first-order valence-electron chi connectivity index (χ1n) is 14.5. The highest BCUT2D eigenvalue weighted by atomic mass is 16.5. The molecular weight excluding hydrogens is 564 g/mol. The minimum absolute atomic E-state index is 0.526. The summed E-state index contributed by atoms with van der Waals surface area (Å²) in [5.74, 6) is 4.02. The molecule has 0 bridgehead atoms. The van der Waals surface area contributed by atoms with E-state index >= 15 is 0 Å². The van der Waals surface area contributed by atoms with Crippen molar-refractivity contribution in [2.24, 2.45) is 0 Å². The SMILES string of the molecule is CCc1ccc(Oc2ncccc2-c2cnccc2OC)cc1.COc1ccncc1-c1cccnc1Oc1ccc(C)cc1. The number of methoxy groups -OCH3 is 2. The lowest BCUT2D eigenvalue weighted by atomic mass is 10.1. The number of rotatable bonds is 9. The van der Waals surface area contributed by atoms with E-state index in [1.54, 1.807) is 51.4 Å². The van der Waals surface area contributed by atoms with E-state index in [2.05, 4.69) is 39.0 Å². The Bertz CT molecular complexity index is 1830. The largest absolute Gasteiger partial charge is 0.496 e. The molecule has 8 heteroatoms. The molecule has 0 radical (unpaired) electrons. The van der Waals surface area contributed by atoms with Crippen LogP contribution in [-0.4, -0.2) is 34.2 Å². The average Bonchev–Trinajstić information content (AvgIpc) is 3.10. The summed E-state index contributed by atoms with van der Waals surface area (Å²) in [4.78, 5) is 17.0. The van der Waals surface area contributed by atoms with Crippen LogP contribution in [0.2, 0.25) is 0 Å². The molecule has 0 atom stereocenters. The maximum absolute atomic E-state index is 5.97. The van der Waals surface area contributed by atoms with Crippen molar-refractivity contribution in [1.29, 1.82) is 0 Å². The van der Waals surface area contributed by atoms with Crippen molar-refractivity contribution in [1.82, 2.24) is 19.9 Å². The molecule has 2 aromatic carbocycles.